The van der Waals surface area contributed by atoms with Gasteiger partial charge in [0.15, 0.2) is 0 Å². The van der Waals surface area contributed by atoms with Crippen molar-refractivity contribution in [3.8, 4) is 0 Å². The summed E-state index contributed by atoms with van der Waals surface area (Å²) in [5, 5.41) is 3.42. The van der Waals surface area contributed by atoms with Crippen LogP contribution in [0.2, 0.25) is 0 Å². The molecule has 1 unspecified atom stereocenters. The van der Waals surface area contributed by atoms with Gasteiger partial charge in [-0.05, 0) is 37.1 Å². The highest BCUT2D eigenvalue weighted by Crippen LogP contribution is 2.26. The largest absolute Gasteiger partial charge is 0.383 e. The number of nitrogens with one attached hydrogen (secondary N) is 1. The van der Waals surface area contributed by atoms with Crippen LogP contribution < -0.4 is 10.2 Å². The van der Waals surface area contributed by atoms with Gasteiger partial charge in [-0.3, -0.25) is 0 Å². The summed E-state index contributed by atoms with van der Waals surface area (Å²) in [6, 6.07) is 7.07. The molecule has 1 atom stereocenters. The topological polar surface area (TPSA) is 24.5 Å². The van der Waals surface area contributed by atoms with E-state index in [1.807, 2.05) is 0 Å². The SMILES string of the molecule is CCCC(C)N(C)c1ccc(Br)cc1CNCCOC. The molecule has 0 saturated carbocycles. The molecule has 1 aromatic rings. The Balaban J connectivity index is 2.78. The number of halogens is 1. The third-order valence-electron chi connectivity index (χ3n) is 3.59. The number of benzene rings is 1. The first-order valence-electron chi connectivity index (χ1n) is 7.31. The maximum atomic E-state index is 5.07. The van der Waals surface area contributed by atoms with Crippen LogP contribution in [0.3, 0.4) is 0 Å². The summed E-state index contributed by atoms with van der Waals surface area (Å²) in [7, 11) is 3.91. The predicted octanol–water partition coefficient (Wildman–Crippen LogP) is 3.81. The highest BCUT2D eigenvalue weighted by Gasteiger charge is 2.13. The van der Waals surface area contributed by atoms with E-state index in [1.165, 1.54) is 24.1 Å². The molecule has 3 nitrogen and oxygen atoms in total. The molecule has 0 heterocycles. The van der Waals surface area contributed by atoms with Gasteiger partial charge in [-0.1, -0.05) is 29.3 Å². The van der Waals surface area contributed by atoms with Crippen LogP contribution in [0, 0.1) is 0 Å². The standard InChI is InChI=1S/C16H27BrN2O/c1-5-6-13(2)19(3)16-8-7-15(17)11-14(16)12-18-9-10-20-4/h7-8,11,13,18H,5-6,9-10,12H2,1-4H3. The molecule has 0 fully saturated rings. The number of ether oxygens (including phenoxy) is 1. The van der Waals surface area contributed by atoms with Gasteiger partial charge in [0.1, 0.15) is 0 Å². The number of rotatable bonds is 9. The minimum absolute atomic E-state index is 0.555. The lowest BCUT2D eigenvalue weighted by Crippen LogP contribution is -2.30. The van der Waals surface area contributed by atoms with Crippen LogP contribution in [0.5, 0.6) is 0 Å². The molecule has 0 amide bonds. The Labute approximate surface area is 131 Å². The summed E-state index contributed by atoms with van der Waals surface area (Å²) in [5.74, 6) is 0. The van der Waals surface area contributed by atoms with Crippen molar-refractivity contribution < 1.29 is 4.74 Å². The molecule has 1 N–H and O–H groups in total. The zero-order valence-electron chi connectivity index (χ0n) is 13.1. The van der Waals surface area contributed by atoms with E-state index in [0.29, 0.717) is 6.04 Å². The summed E-state index contributed by atoms with van der Waals surface area (Å²) < 4.78 is 6.20. The number of anilines is 1. The molecule has 20 heavy (non-hydrogen) atoms. The molecule has 0 radical (unpaired) electrons. The van der Waals surface area contributed by atoms with Crippen molar-refractivity contribution in [3.05, 3.63) is 28.2 Å². The average Bonchev–Trinajstić information content (AvgIpc) is 2.43. The van der Waals surface area contributed by atoms with Gasteiger partial charge in [-0.15, -0.1) is 0 Å². The van der Waals surface area contributed by atoms with Gasteiger partial charge < -0.3 is 15.0 Å². The fourth-order valence-corrected chi connectivity index (χ4v) is 2.69. The molecule has 0 aliphatic carbocycles. The molecular weight excluding hydrogens is 316 g/mol. The molecule has 1 rings (SSSR count). The van der Waals surface area contributed by atoms with Crippen molar-refractivity contribution in [3.63, 3.8) is 0 Å². The molecular formula is C16H27BrN2O. The van der Waals surface area contributed by atoms with E-state index in [2.05, 4.69) is 65.2 Å². The third-order valence-corrected chi connectivity index (χ3v) is 4.08. The first-order chi connectivity index (χ1) is 9.60. The highest BCUT2D eigenvalue weighted by atomic mass is 79.9. The van der Waals surface area contributed by atoms with Crippen LogP contribution in [0.15, 0.2) is 22.7 Å². The number of nitrogens with zero attached hydrogens (tertiary/aromatic N) is 1. The molecule has 1 aromatic carbocycles. The smallest absolute Gasteiger partial charge is 0.0587 e. The van der Waals surface area contributed by atoms with Crippen molar-refractivity contribution in [2.24, 2.45) is 0 Å². The number of hydrogen-bond donors (Lipinski definition) is 1. The Bertz CT molecular complexity index is 398. The Morgan fingerprint density at radius 1 is 1.40 bits per heavy atom. The monoisotopic (exact) mass is 342 g/mol. The second-order valence-electron chi connectivity index (χ2n) is 5.19. The Morgan fingerprint density at radius 2 is 2.15 bits per heavy atom. The van der Waals surface area contributed by atoms with E-state index in [1.54, 1.807) is 7.11 Å². The van der Waals surface area contributed by atoms with Crippen LogP contribution in [-0.2, 0) is 11.3 Å². The van der Waals surface area contributed by atoms with Crippen molar-refractivity contribution in [2.75, 3.05) is 32.2 Å². The zero-order valence-corrected chi connectivity index (χ0v) is 14.7. The minimum Gasteiger partial charge on any atom is -0.383 e. The van der Waals surface area contributed by atoms with E-state index in [-0.39, 0.29) is 0 Å². The number of hydrogen-bond acceptors (Lipinski definition) is 3. The van der Waals surface area contributed by atoms with Gasteiger partial charge in [-0.25, -0.2) is 0 Å². The van der Waals surface area contributed by atoms with Crippen LogP contribution in [0.4, 0.5) is 5.69 Å². The first-order valence-corrected chi connectivity index (χ1v) is 8.10. The molecule has 4 heteroatoms. The van der Waals surface area contributed by atoms with Crippen LogP contribution >= 0.6 is 15.9 Å². The van der Waals surface area contributed by atoms with Crippen LogP contribution in [0.25, 0.3) is 0 Å². The lowest BCUT2D eigenvalue weighted by Gasteiger charge is -2.29. The lowest BCUT2D eigenvalue weighted by atomic mass is 10.1. The summed E-state index contributed by atoms with van der Waals surface area (Å²) in [4.78, 5) is 2.38. The Kier molecular flexibility index (Phi) is 8.19. The van der Waals surface area contributed by atoms with E-state index < -0.39 is 0 Å². The fraction of sp³-hybridized carbons (Fsp3) is 0.625. The third kappa shape index (κ3) is 5.43. The average molecular weight is 343 g/mol. The van der Waals surface area contributed by atoms with Gasteiger partial charge in [-0.2, -0.15) is 0 Å². The predicted molar refractivity (Wildman–Crippen MR) is 90.5 cm³/mol. The van der Waals surface area contributed by atoms with Gasteiger partial charge in [0.25, 0.3) is 0 Å². The first kappa shape index (κ1) is 17.5. The molecule has 0 saturated heterocycles. The van der Waals surface area contributed by atoms with E-state index in [9.17, 15) is 0 Å². The van der Waals surface area contributed by atoms with Gasteiger partial charge in [0, 0.05) is 43.4 Å². The highest BCUT2D eigenvalue weighted by molar-refractivity contribution is 9.10. The lowest BCUT2D eigenvalue weighted by molar-refractivity contribution is 0.199. The normalized spacial score (nSPS) is 12.4. The molecule has 0 bridgehead atoms. The maximum Gasteiger partial charge on any atom is 0.0587 e. The van der Waals surface area contributed by atoms with Crippen molar-refractivity contribution in [1.82, 2.24) is 5.32 Å². The van der Waals surface area contributed by atoms with E-state index in [0.717, 1.165) is 24.2 Å². The van der Waals surface area contributed by atoms with Crippen molar-refractivity contribution >= 4 is 21.6 Å². The summed E-state index contributed by atoms with van der Waals surface area (Å²) in [6.45, 7) is 7.00. The quantitative estimate of drug-likeness (QED) is 0.690. The van der Waals surface area contributed by atoms with Gasteiger partial charge in [0.2, 0.25) is 0 Å². The second-order valence-corrected chi connectivity index (χ2v) is 6.11. The van der Waals surface area contributed by atoms with Crippen LogP contribution in [-0.4, -0.2) is 33.4 Å². The Hall–Kier alpha value is -0.580. The van der Waals surface area contributed by atoms with Gasteiger partial charge in [0.05, 0.1) is 6.61 Å². The molecule has 0 aliphatic heterocycles. The fourth-order valence-electron chi connectivity index (χ4n) is 2.29. The molecule has 0 aromatic heterocycles. The molecule has 0 spiro atoms. The van der Waals surface area contributed by atoms with Crippen molar-refractivity contribution in [2.45, 2.75) is 39.3 Å². The van der Waals surface area contributed by atoms with E-state index >= 15 is 0 Å². The van der Waals surface area contributed by atoms with Crippen molar-refractivity contribution in [1.29, 1.82) is 0 Å². The second kappa shape index (κ2) is 9.37. The summed E-state index contributed by atoms with van der Waals surface area (Å²) >= 11 is 3.56. The minimum atomic E-state index is 0.555. The summed E-state index contributed by atoms with van der Waals surface area (Å²) in [6.07, 6.45) is 2.42. The zero-order chi connectivity index (χ0) is 15.0. The molecule has 114 valence electrons. The number of methoxy groups -OCH3 is 1. The Morgan fingerprint density at radius 3 is 2.80 bits per heavy atom. The summed E-state index contributed by atoms with van der Waals surface area (Å²) in [5.41, 5.74) is 2.62. The van der Waals surface area contributed by atoms with Crippen LogP contribution in [0.1, 0.15) is 32.3 Å². The van der Waals surface area contributed by atoms with E-state index in [4.69, 9.17) is 4.74 Å². The molecule has 0 aliphatic rings. The maximum absolute atomic E-state index is 5.07. The van der Waals surface area contributed by atoms with Gasteiger partial charge >= 0.3 is 0 Å².